The number of pyridine rings is 1. The van der Waals surface area contributed by atoms with E-state index in [1.807, 2.05) is 6.07 Å². The second kappa shape index (κ2) is 8.95. The lowest BCUT2D eigenvalue weighted by Gasteiger charge is -2.11. The van der Waals surface area contributed by atoms with Gasteiger partial charge in [0.1, 0.15) is 9.71 Å². The number of halogens is 4. The highest BCUT2D eigenvalue weighted by Gasteiger charge is 2.36. The van der Waals surface area contributed by atoms with Crippen LogP contribution in [-0.4, -0.2) is 15.9 Å². The Labute approximate surface area is 210 Å². The van der Waals surface area contributed by atoms with E-state index in [1.165, 1.54) is 0 Å². The maximum atomic E-state index is 13.9. The summed E-state index contributed by atoms with van der Waals surface area (Å²) in [4.78, 5) is 21.7. The Morgan fingerprint density at radius 1 is 1.00 bits per heavy atom. The lowest BCUT2D eigenvalue weighted by molar-refractivity contribution is -0.136. The lowest BCUT2D eigenvalue weighted by Crippen LogP contribution is -2.12. The number of nitrogen functional groups attached to an aromatic ring is 1. The second-order valence-electron chi connectivity index (χ2n) is 7.42. The Balaban J connectivity index is 1.53. The molecule has 176 valence electrons. The molecule has 3 aromatic heterocycles. The zero-order valence-electron chi connectivity index (χ0n) is 17.6. The molecule has 0 aliphatic heterocycles. The van der Waals surface area contributed by atoms with Crippen molar-refractivity contribution in [1.29, 1.82) is 0 Å². The van der Waals surface area contributed by atoms with Crippen LogP contribution < -0.4 is 11.1 Å². The van der Waals surface area contributed by atoms with Gasteiger partial charge in [0.2, 0.25) is 0 Å². The summed E-state index contributed by atoms with van der Waals surface area (Å²) in [6.07, 6.45) is -4.69. The summed E-state index contributed by atoms with van der Waals surface area (Å²) in [7, 11) is 0. The number of carbonyl (C=O) groups excluding carboxylic acids is 1. The number of nitrogens with one attached hydrogen (secondary N) is 1. The summed E-state index contributed by atoms with van der Waals surface area (Å²) in [5, 5.41) is 4.82. The van der Waals surface area contributed by atoms with Gasteiger partial charge in [-0.05, 0) is 12.1 Å². The summed E-state index contributed by atoms with van der Waals surface area (Å²) in [5.41, 5.74) is 6.78. The van der Waals surface area contributed by atoms with Crippen molar-refractivity contribution in [3.05, 3.63) is 81.5 Å². The summed E-state index contributed by atoms with van der Waals surface area (Å²) in [6, 6.07) is 16.6. The summed E-state index contributed by atoms with van der Waals surface area (Å²) in [5.74, 6) is -0.667. The SMILES string of the molecule is Nc1c(C(=O)Nc2nc(-c3ccccc3Cl)cs2)sc2nc(-c3ccccc3)cc(C(F)(F)F)c12. The normalized spacial score (nSPS) is 11.7. The number of anilines is 2. The number of carbonyl (C=O) groups is 1. The Hall–Kier alpha value is -3.47. The van der Waals surface area contributed by atoms with Gasteiger partial charge in [0.15, 0.2) is 5.13 Å². The van der Waals surface area contributed by atoms with Gasteiger partial charge in [0, 0.05) is 26.9 Å². The van der Waals surface area contributed by atoms with E-state index < -0.39 is 17.6 Å². The molecule has 0 saturated heterocycles. The van der Waals surface area contributed by atoms with Crippen molar-refractivity contribution in [2.75, 3.05) is 11.1 Å². The molecule has 5 nitrogen and oxygen atoms in total. The summed E-state index contributed by atoms with van der Waals surface area (Å²) in [6.45, 7) is 0. The van der Waals surface area contributed by atoms with Gasteiger partial charge in [-0.25, -0.2) is 9.97 Å². The number of fused-ring (bicyclic) bond motifs is 1. The molecule has 5 aromatic rings. The fourth-order valence-electron chi connectivity index (χ4n) is 3.55. The van der Waals surface area contributed by atoms with Crippen molar-refractivity contribution in [1.82, 2.24) is 9.97 Å². The van der Waals surface area contributed by atoms with Crippen molar-refractivity contribution < 1.29 is 18.0 Å². The van der Waals surface area contributed by atoms with Crippen LogP contribution in [0.4, 0.5) is 24.0 Å². The molecule has 5 rings (SSSR count). The van der Waals surface area contributed by atoms with Gasteiger partial charge in [-0.3, -0.25) is 10.1 Å². The van der Waals surface area contributed by atoms with E-state index in [4.69, 9.17) is 17.3 Å². The first-order chi connectivity index (χ1) is 16.7. The molecule has 0 bridgehead atoms. The number of amides is 1. The van der Waals surface area contributed by atoms with E-state index in [9.17, 15) is 18.0 Å². The molecule has 0 fully saturated rings. The number of benzene rings is 2. The fraction of sp³-hybridized carbons (Fsp3) is 0.0417. The summed E-state index contributed by atoms with van der Waals surface area (Å²) >= 11 is 8.17. The molecule has 0 aliphatic carbocycles. The number of nitrogens with zero attached hydrogens (tertiary/aromatic N) is 2. The highest BCUT2D eigenvalue weighted by Crippen LogP contribution is 2.43. The first-order valence-corrected chi connectivity index (χ1v) is 12.2. The van der Waals surface area contributed by atoms with Gasteiger partial charge in [-0.1, -0.05) is 60.1 Å². The van der Waals surface area contributed by atoms with E-state index in [0.717, 1.165) is 28.7 Å². The fourth-order valence-corrected chi connectivity index (χ4v) is 5.50. The van der Waals surface area contributed by atoms with Crippen LogP contribution in [0.25, 0.3) is 32.7 Å². The number of thiophene rings is 1. The number of hydrogen-bond acceptors (Lipinski definition) is 6. The maximum absolute atomic E-state index is 13.9. The lowest BCUT2D eigenvalue weighted by atomic mass is 10.1. The van der Waals surface area contributed by atoms with Gasteiger partial charge in [0.05, 0.1) is 22.6 Å². The smallest absolute Gasteiger partial charge is 0.397 e. The van der Waals surface area contributed by atoms with E-state index in [-0.39, 0.29) is 31.6 Å². The molecule has 2 aromatic carbocycles. The van der Waals surface area contributed by atoms with Crippen LogP contribution in [0.15, 0.2) is 66.0 Å². The molecule has 0 radical (unpaired) electrons. The molecule has 0 aliphatic rings. The van der Waals surface area contributed by atoms with E-state index in [0.29, 0.717) is 21.8 Å². The first-order valence-electron chi connectivity index (χ1n) is 10.1. The van der Waals surface area contributed by atoms with Crippen LogP contribution in [0.1, 0.15) is 15.2 Å². The van der Waals surface area contributed by atoms with E-state index in [2.05, 4.69) is 15.3 Å². The van der Waals surface area contributed by atoms with Crippen molar-refractivity contribution >= 4 is 61.2 Å². The molecule has 0 unspecified atom stereocenters. The second-order valence-corrected chi connectivity index (χ2v) is 9.68. The van der Waals surface area contributed by atoms with E-state index >= 15 is 0 Å². The zero-order valence-corrected chi connectivity index (χ0v) is 19.9. The molecule has 0 atom stereocenters. The number of alkyl halides is 3. The third kappa shape index (κ3) is 4.47. The van der Waals surface area contributed by atoms with Gasteiger partial charge in [-0.15, -0.1) is 22.7 Å². The average Bonchev–Trinajstić information content (AvgIpc) is 3.43. The highest BCUT2D eigenvalue weighted by atomic mass is 35.5. The molecule has 11 heteroatoms. The molecule has 0 saturated carbocycles. The predicted molar refractivity (Wildman–Crippen MR) is 135 cm³/mol. The third-order valence-electron chi connectivity index (χ3n) is 5.15. The van der Waals surface area contributed by atoms with Crippen molar-refractivity contribution in [2.45, 2.75) is 6.18 Å². The van der Waals surface area contributed by atoms with Crippen LogP contribution in [0.5, 0.6) is 0 Å². The Morgan fingerprint density at radius 3 is 2.43 bits per heavy atom. The van der Waals surface area contributed by atoms with Gasteiger partial charge >= 0.3 is 6.18 Å². The Morgan fingerprint density at radius 2 is 1.71 bits per heavy atom. The van der Waals surface area contributed by atoms with E-state index in [1.54, 1.807) is 53.9 Å². The largest absolute Gasteiger partial charge is 0.417 e. The number of rotatable bonds is 4. The van der Waals surface area contributed by atoms with Crippen molar-refractivity contribution in [3.8, 4) is 22.5 Å². The average molecular weight is 531 g/mol. The van der Waals surface area contributed by atoms with Crippen LogP contribution in [0.3, 0.4) is 0 Å². The first kappa shape index (κ1) is 23.3. The Kier molecular flexibility index (Phi) is 5.96. The van der Waals surface area contributed by atoms with Gasteiger partial charge in [0.25, 0.3) is 5.91 Å². The highest BCUT2D eigenvalue weighted by molar-refractivity contribution is 7.21. The predicted octanol–water partition coefficient (Wildman–Crippen LogP) is 7.59. The van der Waals surface area contributed by atoms with Crippen LogP contribution in [0.2, 0.25) is 5.02 Å². The molecule has 0 spiro atoms. The van der Waals surface area contributed by atoms with Crippen LogP contribution in [-0.2, 0) is 6.18 Å². The number of hydrogen-bond donors (Lipinski definition) is 2. The third-order valence-corrected chi connectivity index (χ3v) is 7.34. The molecule has 3 N–H and O–H groups in total. The zero-order chi connectivity index (χ0) is 24.7. The van der Waals surface area contributed by atoms with Gasteiger partial charge in [-0.2, -0.15) is 13.2 Å². The molecule has 35 heavy (non-hydrogen) atoms. The maximum Gasteiger partial charge on any atom is 0.417 e. The minimum absolute atomic E-state index is 0.0252. The molecular formula is C24H14ClF3N4OS2. The monoisotopic (exact) mass is 530 g/mol. The number of thiazole rings is 1. The standard InChI is InChI=1S/C24H14ClF3N4OS2/c25-15-9-5-4-8-13(15)17-11-34-23(31-17)32-21(33)20-19(29)18-14(24(26,27)28)10-16(30-22(18)35-20)12-6-2-1-3-7-12/h1-11H,29H2,(H,31,32,33). The minimum atomic E-state index is -4.69. The topological polar surface area (TPSA) is 80.9 Å². The van der Waals surface area contributed by atoms with Crippen LogP contribution >= 0.6 is 34.3 Å². The number of aromatic nitrogens is 2. The van der Waals surface area contributed by atoms with Crippen molar-refractivity contribution in [2.24, 2.45) is 0 Å². The quantitative estimate of drug-likeness (QED) is 0.251. The number of nitrogens with two attached hydrogens (primary N) is 1. The minimum Gasteiger partial charge on any atom is -0.397 e. The van der Waals surface area contributed by atoms with Crippen LogP contribution in [0, 0.1) is 0 Å². The molecule has 1 amide bonds. The molecule has 3 heterocycles. The van der Waals surface area contributed by atoms with Crippen molar-refractivity contribution in [3.63, 3.8) is 0 Å². The van der Waals surface area contributed by atoms with Gasteiger partial charge < -0.3 is 5.73 Å². The molecular weight excluding hydrogens is 517 g/mol. The summed E-state index contributed by atoms with van der Waals surface area (Å²) < 4.78 is 41.8. The Bertz CT molecular complexity index is 1560.